The first-order valence-electron chi connectivity index (χ1n) is 9.04. The van der Waals surface area contributed by atoms with Gasteiger partial charge in [-0.2, -0.15) is 0 Å². The quantitative estimate of drug-likeness (QED) is 0.443. The van der Waals surface area contributed by atoms with Crippen molar-refractivity contribution in [3.8, 4) is 0 Å². The molecule has 4 nitrogen and oxygen atoms in total. The van der Waals surface area contributed by atoms with Gasteiger partial charge in [-0.1, -0.05) is 35.4 Å². The van der Waals surface area contributed by atoms with E-state index in [-0.39, 0.29) is 17.9 Å². The summed E-state index contributed by atoms with van der Waals surface area (Å²) < 4.78 is 4.73. The lowest BCUT2D eigenvalue weighted by molar-refractivity contribution is -0.128. The number of esters is 1. The van der Waals surface area contributed by atoms with E-state index in [0.717, 1.165) is 23.3 Å². The summed E-state index contributed by atoms with van der Waals surface area (Å²) in [5.74, 6) is -0.138. The third-order valence-corrected chi connectivity index (χ3v) is 6.19. The van der Waals surface area contributed by atoms with Crippen LogP contribution >= 0.6 is 34.5 Å². The summed E-state index contributed by atoms with van der Waals surface area (Å²) >= 11 is 13.5. The summed E-state index contributed by atoms with van der Waals surface area (Å²) in [6.45, 7) is 0.635. The summed E-state index contributed by atoms with van der Waals surface area (Å²) in [6.07, 6.45) is 6.99. The number of nitrogens with zero attached hydrogens (tertiary/aromatic N) is 1. The number of thiophene rings is 1. The number of likely N-dealkylation sites (tertiary alicyclic amines) is 1. The molecule has 0 N–H and O–H groups in total. The highest BCUT2D eigenvalue weighted by Gasteiger charge is 2.28. The van der Waals surface area contributed by atoms with Crippen molar-refractivity contribution in [3.05, 3.63) is 67.8 Å². The highest BCUT2D eigenvalue weighted by atomic mass is 35.5. The summed E-state index contributed by atoms with van der Waals surface area (Å²) in [6, 6.07) is 9.28. The molecular weight excluding hydrogens is 417 g/mol. The van der Waals surface area contributed by atoms with Crippen LogP contribution in [0.15, 0.2) is 42.5 Å². The Morgan fingerprint density at radius 1 is 1.29 bits per heavy atom. The first-order valence-corrected chi connectivity index (χ1v) is 10.6. The first-order chi connectivity index (χ1) is 13.5. The average Bonchev–Trinajstić information content (AvgIpc) is 3.26. The molecule has 1 aliphatic heterocycles. The lowest BCUT2D eigenvalue weighted by atomic mass is 10.1. The molecule has 0 unspecified atom stereocenters. The van der Waals surface area contributed by atoms with Crippen LogP contribution in [0.4, 0.5) is 0 Å². The lowest BCUT2D eigenvalue weighted by Gasteiger charge is -2.22. The van der Waals surface area contributed by atoms with Gasteiger partial charge in [-0.25, -0.2) is 4.79 Å². The van der Waals surface area contributed by atoms with Gasteiger partial charge in [0.25, 0.3) is 0 Å². The number of hydrogen-bond acceptors (Lipinski definition) is 4. The second-order valence-electron chi connectivity index (χ2n) is 6.61. The fourth-order valence-electron chi connectivity index (χ4n) is 3.29. The zero-order chi connectivity index (χ0) is 20.1. The van der Waals surface area contributed by atoms with Gasteiger partial charge >= 0.3 is 5.97 Å². The molecule has 2 heterocycles. The fraction of sp³-hybridized carbons (Fsp3) is 0.333. The standard InChI is InChI=1S/C21H21Cl2NO3S/c1-27-21(26)19-7-6-18(28-19)4-2-3-17-5-8-20(25)24(17)10-9-14-11-15(22)13-16(23)12-14/h2-3,6-7,11-13,17H,4-5,8-10H2,1H3/b3-2+/t17-/m0/s1. The minimum absolute atomic E-state index is 0.0993. The maximum atomic E-state index is 12.3. The molecule has 148 valence electrons. The van der Waals surface area contributed by atoms with Crippen molar-refractivity contribution in [1.29, 1.82) is 0 Å². The molecule has 2 aromatic rings. The number of hydrogen-bond donors (Lipinski definition) is 0. The van der Waals surface area contributed by atoms with E-state index in [1.165, 1.54) is 18.4 Å². The highest BCUT2D eigenvalue weighted by molar-refractivity contribution is 7.13. The SMILES string of the molecule is COC(=O)c1ccc(C/C=C/[C@H]2CCC(=O)N2CCc2cc(Cl)cc(Cl)c2)s1. The minimum atomic E-state index is -0.311. The third-order valence-electron chi connectivity index (χ3n) is 4.66. The Balaban J connectivity index is 1.58. The Hall–Kier alpha value is -1.82. The van der Waals surface area contributed by atoms with E-state index in [1.54, 1.807) is 12.1 Å². The van der Waals surface area contributed by atoms with Crippen LogP contribution in [0.3, 0.4) is 0 Å². The van der Waals surface area contributed by atoms with Crippen LogP contribution in [0.1, 0.15) is 33.0 Å². The smallest absolute Gasteiger partial charge is 0.348 e. The molecule has 0 radical (unpaired) electrons. The van der Waals surface area contributed by atoms with E-state index in [2.05, 4.69) is 12.2 Å². The molecule has 3 rings (SSSR count). The van der Waals surface area contributed by atoms with Crippen LogP contribution in [0, 0.1) is 0 Å². The molecule has 0 saturated carbocycles. The second-order valence-corrected chi connectivity index (χ2v) is 8.65. The number of benzene rings is 1. The second kappa shape index (κ2) is 9.59. The molecule has 0 aliphatic carbocycles. The van der Waals surface area contributed by atoms with Gasteiger partial charge in [0.1, 0.15) is 4.88 Å². The average molecular weight is 438 g/mol. The molecule has 1 aromatic heterocycles. The topological polar surface area (TPSA) is 46.6 Å². The Morgan fingerprint density at radius 2 is 2.04 bits per heavy atom. The van der Waals surface area contributed by atoms with Crippen molar-refractivity contribution in [2.75, 3.05) is 13.7 Å². The molecular formula is C21H21Cl2NO3S. The Bertz CT molecular complexity index is 873. The minimum Gasteiger partial charge on any atom is -0.465 e. The predicted octanol–water partition coefficient (Wildman–Crippen LogP) is 5.17. The van der Waals surface area contributed by atoms with Crippen molar-refractivity contribution in [2.45, 2.75) is 31.7 Å². The van der Waals surface area contributed by atoms with E-state index in [1.807, 2.05) is 23.1 Å². The van der Waals surface area contributed by atoms with Crippen LogP contribution in [-0.2, 0) is 22.4 Å². The molecule has 1 fully saturated rings. The number of ether oxygens (including phenoxy) is 1. The Labute approximate surface area is 178 Å². The van der Waals surface area contributed by atoms with Gasteiger partial charge < -0.3 is 9.64 Å². The lowest BCUT2D eigenvalue weighted by Crippen LogP contribution is -2.33. The summed E-state index contributed by atoms with van der Waals surface area (Å²) in [5, 5.41) is 1.21. The third kappa shape index (κ3) is 5.37. The molecule has 28 heavy (non-hydrogen) atoms. The van der Waals surface area contributed by atoms with Gasteiger partial charge in [0, 0.05) is 27.9 Å². The van der Waals surface area contributed by atoms with Crippen LogP contribution in [-0.4, -0.2) is 36.5 Å². The zero-order valence-corrected chi connectivity index (χ0v) is 17.8. The van der Waals surface area contributed by atoms with Gasteiger partial charge in [-0.3, -0.25) is 4.79 Å². The monoisotopic (exact) mass is 437 g/mol. The maximum Gasteiger partial charge on any atom is 0.348 e. The zero-order valence-electron chi connectivity index (χ0n) is 15.5. The summed E-state index contributed by atoms with van der Waals surface area (Å²) in [7, 11) is 1.38. The Kier molecular flexibility index (Phi) is 7.16. The maximum absolute atomic E-state index is 12.3. The van der Waals surface area contributed by atoms with Crippen molar-refractivity contribution < 1.29 is 14.3 Å². The number of rotatable bonds is 7. The number of halogens is 2. The summed E-state index contributed by atoms with van der Waals surface area (Å²) in [4.78, 5) is 27.4. The van der Waals surface area contributed by atoms with Crippen molar-refractivity contribution in [2.24, 2.45) is 0 Å². The molecule has 0 bridgehead atoms. The van der Waals surface area contributed by atoms with Gasteiger partial charge in [0.2, 0.25) is 5.91 Å². The predicted molar refractivity (Wildman–Crippen MR) is 113 cm³/mol. The first kappa shape index (κ1) is 20.9. The van der Waals surface area contributed by atoms with E-state index < -0.39 is 0 Å². The largest absolute Gasteiger partial charge is 0.465 e. The summed E-state index contributed by atoms with van der Waals surface area (Å²) in [5.41, 5.74) is 1.02. The number of carbonyl (C=O) groups excluding carboxylic acids is 2. The molecule has 1 amide bonds. The van der Waals surface area contributed by atoms with Gasteiger partial charge in [0.05, 0.1) is 13.2 Å². The van der Waals surface area contributed by atoms with Gasteiger partial charge in [-0.15, -0.1) is 11.3 Å². The van der Waals surface area contributed by atoms with Crippen LogP contribution < -0.4 is 0 Å². The number of amides is 1. The van der Waals surface area contributed by atoms with Crippen LogP contribution in [0.5, 0.6) is 0 Å². The Morgan fingerprint density at radius 3 is 2.75 bits per heavy atom. The normalized spacial score (nSPS) is 16.9. The van der Waals surface area contributed by atoms with Gasteiger partial charge in [-0.05, 0) is 55.2 Å². The number of carbonyl (C=O) groups is 2. The van der Waals surface area contributed by atoms with E-state index in [4.69, 9.17) is 27.9 Å². The van der Waals surface area contributed by atoms with Gasteiger partial charge in [0.15, 0.2) is 0 Å². The molecule has 1 saturated heterocycles. The van der Waals surface area contributed by atoms with E-state index in [0.29, 0.717) is 34.3 Å². The molecule has 1 atom stereocenters. The number of methoxy groups -OCH3 is 1. The van der Waals surface area contributed by atoms with Crippen LogP contribution in [0.2, 0.25) is 10.0 Å². The number of allylic oxidation sites excluding steroid dienone is 1. The molecule has 1 aliphatic rings. The molecule has 0 spiro atoms. The molecule has 7 heteroatoms. The van der Waals surface area contributed by atoms with E-state index in [9.17, 15) is 9.59 Å². The van der Waals surface area contributed by atoms with Crippen molar-refractivity contribution >= 4 is 46.4 Å². The van der Waals surface area contributed by atoms with E-state index >= 15 is 0 Å². The fourth-order valence-corrected chi connectivity index (χ4v) is 4.76. The van der Waals surface area contributed by atoms with Crippen molar-refractivity contribution in [1.82, 2.24) is 4.90 Å². The van der Waals surface area contributed by atoms with Crippen molar-refractivity contribution in [3.63, 3.8) is 0 Å². The highest BCUT2D eigenvalue weighted by Crippen LogP contribution is 2.24. The molecule has 1 aromatic carbocycles. The van der Waals surface area contributed by atoms with Crippen LogP contribution in [0.25, 0.3) is 0 Å².